The van der Waals surface area contributed by atoms with Gasteiger partial charge in [0.25, 0.3) is 0 Å². The molecule has 0 saturated heterocycles. The molecule has 0 spiro atoms. The first kappa shape index (κ1) is 12.1. The average Bonchev–Trinajstić information content (AvgIpc) is 2.85. The molecule has 1 heterocycles. The number of hydrogen-bond donors (Lipinski definition) is 1. The zero-order valence-electron chi connectivity index (χ0n) is 9.59. The molecule has 0 radical (unpaired) electrons. The highest BCUT2D eigenvalue weighted by Crippen LogP contribution is 2.25. The first-order valence-corrected chi connectivity index (χ1v) is 5.30. The lowest BCUT2D eigenvalue weighted by atomic mass is 10.1. The Morgan fingerprint density at radius 2 is 2.22 bits per heavy atom. The molecular weight excluding hydrogens is 239 g/mol. The third-order valence-corrected chi connectivity index (χ3v) is 2.57. The maximum atomic E-state index is 13.1. The molecule has 5 nitrogen and oxygen atoms in total. The van der Waals surface area contributed by atoms with Crippen molar-refractivity contribution >= 4 is 11.4 Å². The number of benzene rings is 1. The van der Waals surface area contributed by atoms with Gasteiger partial charge in [-0.15, -0.1) is 0 Å². The minimum absolute atomic E-state index is 0.0891. The molecule has 1 unspecified atom stereocenters. The van der Waals surface area contributed by atoms with Gasteiger partial charge in [0.05, 0.1) is 23.5 Å². The average molecular weight is 250 g/mol. The number of rotatable bonds is 4. The summed E-state index contributed by atoms with van der Waals surface area (Å²) in [6, 6.07) is 5.40. The van der Waals surface area contributed by atoms with E-state index in [1.807, 2.05) is 6.92 Å². The lowest BCUT2D eigenvalue weighted by Crippen LogP contribution is -2.06. The fraction of sp³-hybridized carbons (Fsp3) is 0.167. The number of nitro benzene ring substituents is 1. The largest absolute Gasteiger partial charge is 0.472 e. The predicted octanol–water partition coefficient (Wildman–Crippen LogP) is 3.50. The number of halogens is 1. The van der Waals surface area contributed by atoms with Crippen molar-refractivity contribution in [3.63, 3.8) is 0 Å². The molecule has 0 aliphatic carbocycles. The normalized spacial score (nSPS) is 12.1. The number of nitrogens with one attached hydrogen (secondary N) is 1. The molecule has 0 aliphatic heterocycles. The second-order valence-corrected chi connectivity index (χ2v) is 3.85. The summed E-state index contributed by atoms with van der Waals surface area (Å²) in [7, 11) is 0. The van der Waals surface area contributed by atoms with Crippen molar-refractivity contribution in [2.24, 2.45) is 0 Å². The zero-order valence-corrected chi connectivity index (χ0v) is 9.59. The number of nitro groups is 1. The van der Waals surface area contributed by atoms with Gasteiger partial charge in [0, 0.05) is 17.3 Å². The minimum Gasteiger partial charge on any atom is -0.472 e. The Morgan fingerprint density at radius 3 is 2.83 bits per heavy atom. The van der Waals surface area contributed by atoms with Crippen LogP contribution in [0.2, 0.25) is 0 Å². The van der Waals surface area contributed by atoms with Crippen molar-refractivity contribution in [3.8, 4) is 0 Å². The third-order valence-electron chi connectivity index (χ3n) is 2.57. The first-order chi connectivity index (χ1) is 8.58. The first-order valence-electron chi connectivity index (χ1n) is 5.30. The van der Waals surface area contributed by atoms with E-state index in [2.05, 4.69) is 5.32 Å². The van der Waals surface area contributed by atoms with Crippen LogP contribution in [-0.2, 0) is 0 Å². The van der Waals surface area contributed by atoms with E-state index < -0.39 is 16.4 Å². The summed E-state index contributed by atoms with van der Waals surface area (Å²) in [5.41, 5.74) is 0.846. The minimum atomic E-state index is -0.846. The van der Waals surface area contributed by atoms with Crippen LogP contribution in [0.3, 0.4) is 0 Å². The Hall–Kier alpha value is -2.37. The van der Waals surface area contributed by atoms with Gasteiger partial charge in [0.15, 0.2) is 0 Å². The van der Waals surface area contributed by atoms with Crippen LogP contribution < -0.4 is 5.32 Å². The molecule has 1 aromatic carbocycles. The summed E-state index contributed by atoms with van der Waals surface area (Å²) in [6.45, 7) is 1.88. The van der Waals surface area contributed by atoms with Gasteiger partial charge in [-0.25, -0.2) is 0 Å². The fourth-order valence-electron chi connectivity index (χ4n) is 1.60. The van der Waals surface area contributed by atoms with E-state index in [9.17, 15) is 14.5 Å². The standard InChI is InChI=1S/C12H11FN2O3/c1-8(9-4-5-18-7-9)14-10-2-3-11(13)12(6-10)15(16)17/h2-8,14H,1H3. The van der Waals surface area contributed by atoms with Gasteiger partial charge < -0.3 is 9.73 Å². The van der Waals surface area contributed by atoms with E-state index in [-0.39, 0.29) is 6.04 Å². The molecule has 0 aliphatic rings. The van der Waals surface area contributed by atoms with Crippen LogP contribution in [0, 0.1) is 15.9 Å². The Bertz CT molecular complexity index is 554. The van der Waals surface area contributed by atoms with Gasteiger partial charge >= 0.3 is 5.69 Å². The smallest absolute Gasteiger partial charge is 0.306 e. The lowest BCUT2D eigenvalue weighted by molar-refractivity contribution is -0.387. The molecule has 1 N–H and O–H groups in total. The van der Waals surface area contributed by atoms with E-state index in [1.54, 1.807) is 18.6 Å². The Kier molecular flexibility index (Phi) is 3.27. The third kappa shape index (κ3) is 2.48. The Morgan fingerprint density at radius 1 is 1.44 bits per heavy atom. The molecule has 1 aromatic heterocycles. The molecule has 6 heteroatoms. The van der Waals surface area contributed by atoms with Crippen LogP contribution >= 0.6 is 0 Å². The van der Waals surface area contributed by atoms with Gasteiger partial charge in [-0.3, -0.25) is 10.1 Å². The molecule has 2 rings (SSSR count). The van der Waals surface area contributed by atoms with Gasteiger partial charge in [-0.05, 0) is 25.1 Å². The highest BCUT2D eigenvalue weighted by Gasteiger charge is 2.15. The molecule has 0 saturated carbocycles. The number of nitrogens with zero attached hydrogens (tertiary/aromatic N) is 1. The molecule has 94 valence electrons. The summed E-state index contributed by atoms with van der Waals surface area (Å²) >= 11 is 0. The van der Waals surface area contributed by atoms with Crippen molar-refractivity contribution in [1.29, 1.82) is 0 Å². The van der Waals surface area contributed by atoms with E-state index in [4.69, 9.17) is 4.42 Å². The molecule has 1 atom stereocenters. The molecule has 0 bridgehead atoms. The van der Waals surface area contributed by atoms with E-state index in [0.717, 1.165) is 11.6 Å². The SMILES string of the molecule is CC(Nc1ccc(F)c([N+](=O)[O-])c1)c1ccoc1. The predicted molar refractivity (Wildman–Crippen MR) is 63.8 cm³/mol. The summed E-state index contributed by atoms with van der Waals surface area (Å²) in [6.07, 6.45) is 3.12. The maximum Gasteiger partial charge on any atom is 0.306 e. The van der Waals surface area contributed by atoms with Crippen LogP contribution in [0.5, 0.6) is 0 Å². The number of furan rings is 1. The molecular formula is C12H11FN2O3. The topological polar surface area (TPSA) is 68.3 Å². The highest BCUT2D eigenvalue weighted by molar-refractivity contribution is 5.52. The second-order valence-electron chi connectivity index (χ2n) is 3.85. The Labute approximate surface area is 102 Å². The molecule has 2 aromatic rings. The van der Waals surface area contributed by atoms with Crippen molar-refractivity contribution in [2.45, 2.75) is 13.0 Å². The fourth-order valence-corrected chi connectivity index (χ4v) is 1.60. The van der Waals surface area contributed by atoms with Crippen LogP contribution in [0.15, 0.2) is 41.2 Å². The Balaban J connectivity index is 2.20. The summed E-state index contributed by atoms with van der Waals surface area (Å²) in [5, 5.41) is 13.6. The van der Waals surface area contributed by atoms with Gasteiger partial charge in [-0.1, -0.05) is 0 Å². The van der Waals surface area contributed by atoms with E-state index in [1.165, 1.54) is 12.1 Å². The van der Waals surface area contributed by atoms with Crippen molar-refractivity contribution in [2.75, 3.05) is 5.32 Å². The van der Waals surface area contributed by atoms with Crippen LogP contribution in [-0.4, -0.2) is 4.92 Å². The van der Waals surface area contributed by atoms with Crippen LogP contribution in [0.1, 0.15) is 18.5 Å². The zero-order chi connectivity index (χ0) is 13.1. The molecule has 0 fully saturated rings. The number of anilines is 1. The number of hydrogen-bond acceptors (Lipinski definition) is 4. The summed E-state index contributed by atoms with van der Waals surface area (Å²) in [5.74, 6) is -0.846. The van der Waals surface area contributed by atoms with Crippen LogP contribution in [0.4, 0.5) is 15.8 Å². The van der Waals surface area contributed by atoms with E-state index in [0.29, 0.717) is 5.69 Å². The van der Waals surface area contributed by atoms with Gasteiger partial charge in [0.2, 0.25) is 5.82 Å². The summed E-state index contributed by atoms with van der Waals surface area (Å²) in [4.78, 5) is 9.86. The van der Waals surface area contributed by atoms with E-state index >= 15 is 0 Å². The van der Waals surface area contributed by atoms with Gasteiger partial charge in [-0.2, -0.15) is 4.39 Å². The molecule has 18 heavy (non-hydrogen) atoms. The highest BCUT2D eigenvalue weighted by atomic mass is 19.1. The lowest BCUT2D eigenvalue weighted by Gasteiger charge is -2.13. The quantitative estimate of drug-likeness (QED) is 0.666. The monoisotopic (exact) mass is 250 g/mol. The van der Waals surface area contributed by atoms with Crippen molar-refractivity contribution < 1.29 is 13.7 Å². The van der Waals surface area contributed by atoms with Crippen molar-refractivity contribution in [1.82, 2.24) is 0 Å². The summed E-state index contributed by atoms with van der Waals surface area (Å²) < 4.78 is 18.1. The van der Waals surface area contributed by atoms with Gasteiger partial charge in [0.1, 0.15) is 0 Å². The van der Waals surface area contributed by atoms with Crippen molar-refractivity contribution in [3.05, 3.63) is 58.3 Å². The second kappa shape index (κ2) is 4.87. The van der Waals surface area contributed by atoms with Crippen LogP contribution in [0.25, 0.3) is 0 Å². The molecule has 0 amide bonds. The maximum absolute atomic E-state index is 13.1.